The number of hydrogen-bond acceptors (Lipinski definition) is 2. The van der Waals surface area contributed by atoms with Crippen LogP contribution in [0.15, 0.2) is 24.3 Å². The van der Waals surface area contributed by atoms with Gasteiger partial charge in [-0.1, -0.05) is 6.07 Å². The molecule has 0 aliphatic carbocycles. The van der Waals surface area contributed by atoms with Gasteiger partial charge in [0, 0.05) is 12.2 Å². The highest BCUT2D eigenvalue weighted by Gasteiger charge is 2.41. The van der Waals surface area contributed by atoms with Crippen LogP contribution in [0.5, 0.6) is 0 Å². The van der Waals surface area contributed by atoms with Gasteiger partial charge in [-0.05, 0) is 38.5 Å². The summed E-state index contributed by atoms with van der Waals surface area (Å²) in [6.45, 7) is 4.24. The molecule has 0 saturated carbocycles. The SMILES string of the molecule is CC1(C)C(O)CCN1c1cccc(C(F)(F)F)c1. The predicted molar refractivity (Wildman–Crippen MR) is 63.5 cm³/mol. The lowest BCUT2D eigenvalue weighted by atomic mass is 9.98. The largest absolute Gasteiger partial charge is 0.416 e. The Labute approximate surface area is 104 Å². The van der Waals surface area contributed by atoms with E-state index in [0.29, 0.717) is 18.7 Å². The number of halogens is 3. The maximum absolute atomic E-state index is 12.7. The van der Waals surface area contributed by atoms with Crippen molar-refractivity contribution < 1.29 is 18.3 Å². The molecule has 2 rings (SSSR count). The van der Waals surface area contributed by atoms with Gasteiger partial charge in [-0.3, -0.25) is 0 Å². The molecule has 1 atom stereocenters. The molecule has 1 heterocycles. The molecule has 1 fully saturated rings. The van der Waals surface area contributed by atoms with Gasteiger partial charge in [-0.25, -0.2) is 0 Å². The Bertz CT molecular complexity index is 442. The molecule has 1 N–H and O–H groups in total. The molecule has 0 spiro atoms. The van der Waals surface area contributed by atoms with Crippen molar-refractivity contribution in [3.63, 3.8) is 0 Å². The highest BCUT2D eigenvalue weighted by Crippen LogP contribution is 2.37. The second-order valence-corrected chi connectivity index (χ2v) is 5.16. The van der Waals surface area contributed by atoms with Crippen LogP contribution in [0.25, 0.3) is 0 Å². The standard InChI is InChI=1S/C13H16F3NO/c1-12(2)11(18)6-7-17(12)10-5-3-4-9(8-10)13(14,15)16/h3-5,8,11,18H,6-7H2,1-2H3. The molecule has 1 aromatic carbocycles. The molecule has 5 heteroatoms. The van der Waals surface area contributed by atoms with Gasteiger partial charge in [-0.2, -0.15) is 13.2 Å². The van der Waals surface area contributed by atoms with Crippen LogP contribution in [0, 0.1) is 0 Å². The Hall–Kier alpha value is -1.23. The Morgan fingerprint density at radius 2 is 2.00 bits per heavy atom. The highest BCUT2D eigenvalue weighted by molar-refractivity contribution is 5.53. The Kier molecular flexibility index (Phi) is 3.05. The predicted octanol–water partition coefficient (Wildman–Crippen LogP) is 3.06. The number of aliphatic hydroxyl groups excluding tert-OH is 1. The van der Waals surface area contributed by atoms with Crippen LogP contribution in [0.2, 0.25) is 0 Å². The lowest BCUT2D eigenvalue weighted by Crippen LogP contribution is -2.45. The maximum atomic E-state index is 12.7. The third kappa shape index (κ3) is 2.19. The van der Waals surface area contributed by atoms with Crippen LogP contribution >= 0.6 is 0 Å². The minimum Gasteiger partial charge on any atom is -0.391 e. The number of alkyl halides is 3. The molecule has 1 aliphatic rings. The average molecular weight is 259 g/mol. The van der Waals surface area contributed by atoms with Gasteiger partial charge in [0.25, 0.3) is 0 Å². The number of hydrogen-bond donors (Lipinski definition) is 1. The van der Waals surface area contributed by atoms with Crippen LogP contribution in [-0.2, 0) is 6.18 Å². The normalized spacial score (nSPS) is 23.4. The second-order valence-electron chi connectivity index (χ2n) is 5.16. The molecule has 1 unspecified atom stereocenters. The number of aliphatic hydroxyl groups is 1. The number of anilines is 1. The van der Waals surface area contributed by atoms with Gasteiger partial charge in [-0.15, -0.1) is 0 Å². The first-order valence-electron chi connectivity index (χ1n) is 5.86. The summed E-state index contributed by atoms with van der Waals surface area (Å²) < 4.78 is 38.0. The van der Waals surface area contributed by atoms with Gasteiger partial charge < -0.3 is 10.0 Å². The lowest BCUT2D eigenvalue weighted by Gasteiger charge is -2.35. The van der Waals surface area contributed by atoms with Crippen molar-refractivity contribution in [1.82, 2.24) is 0 Å². The highest BCUT2D eigenvalue weighted by atomic mass is 19.4. The summed E-state index contributed by atoms with van der Waals surface area (Å²) in [5.74, 6) is 0. The number of benzene rings is 1. The summed E-state index contributed by atoms with van der Waals surface area (Å²) in [7, 11) is 0. The molecule has 100 valence electrons. The monoisotopic (exact) mass is 259 g/mol. The summed E-state index contributed by atoms with van der Waals surface area (Å²) in [5, 5.41) is 9.85. The molecular formula is C13H16F3NO. The molecule has 18 heavy (non-hydrogen) atoms. The molecule has 1 aromatic rings. The zero-order valence-corrected chi connectivity index (χ0v) is 10.3. The summed E-state index contributed by atoms with van der Waals surface area (Å²) in [5.41, 5.74) is -0.687. The van der Waals surface area contributed by atoms with Crippen molar-refractivity contribution in [2.45, 2.75) is 38.1 Å². The smallest absolute Gasteiger partial charge is 0.391 e. The topological polar surface area (TPSA) is 23.5 Å². The quantitative estimate of drug-likeness (QED) is 0.838. The van der Waals surface area contributed by atoms with Crippen LogP contribution in [0.1, 0.15) is 25.8 Å². The van der Waals surface area contributed by atoms with E-state index >= 15 is 0 Å². The number of nitrogens with zero attached hydrogens (tertiary/aromatic N) is 1. The molecule has 1 aliphatic heterocycles. The zero-order chi connectivity index (χ0) is 13.6. The van der Waals surface area contributed by atoms with E-state index in [1.54, 1.807) is 6.07 Å². The zero-order valence-electron chi connectivity index (χ0n) is 10.3. The molecule has 1 saturated heterocycles. The van der Waals surface area contributed by atoms with E-state index in [9.17, 15) is 18.3 Å². The van der Waals surface area contributed by atoms with E-state index in [0.717, 1.165) is 12.1 Å². The summed E-state index contributed by atoms with van der Waals surface area (Å²) >= 11 is 0. The van der Waals surface area contributed by atoms with Crippen LogP contribution in [0.4, 0.5) is 18.9 Å². The first-order valence-corrected chi connectivity index (χ1v) is 5.86. The Morgan fingerprint density at radius 3 is 2.50 bits per heavy atom. The first-order chi connectivity index (χ1) is 8.23. The summed E-state index contributed by atoms with van der Waals surface area (Å²) in [4.78, 5) is 1.83. The van der Waals surface area contributed by atoms with Gasteiger partial charge in [0.05, 0.1) is 17.2 Å². The molecule has 0 radical (unpaired) electrons. The van der Waals surface area contributed by atoms with Gasteiger partial charge in [0.15, 0.2) is 0 Å². The fraction of sp³-hybridized carbons (Fsp3) is 0.538. The molecule has 0 amide bonds. The van der Waals surface area contributed by atoms with Crippen molar-refractivity contribution in [2.75, 3.05) is 11.4 Å². The van der Waals surface area contributed by atoms with Crippen LogP contribution in [0.3, 0.4) is 0 Å². The van der Waals surface area contributed by atoms with Crippen LogP contribution in [-0.4, -0.2) is 23.3 Å². The average Bonchev–Trinajstić information content (AvgIpc) is 2.53. The van der Waals surface area contributed by atoms with Gasteiger partial charge in [0.1, 0.15) is 0 Å². The molecule has 0 bridgehead atoms. The molecular weight excluding hydrogens is 243 g/mol. The Morgan fingerprint density at radius 1 is 1.33 bits per heavy atom. The van der Waals surface area contributed by atoms with E-state index < -0.39 is 23.4 Å². The first kappa shape index (κ1) is 13.2. The van der Waals surface area contributed by atoms with Crippen LogP contribution < -0.4 is 4.90 Å². The van der Waals surface area contributed by atoms with E-state index in [2.05, 4.69) is 0 Å². The molecule has 2 nitrogen and oxygen atoms in total. The van der Waals surface area contributed by atoms with E-state index in [1.165, 1.54) is 6.07 Å². The van der Waals surface area contributed by atoms with Crippen molar-refractivity contribution >= 4 is 5.69 Å². The van der Waals surface area contributed by atoms with E-state index in [1.807, 2.05) is 18.7 Å². The van der Waals surface area contributed by atoms with Gasteiger partial charge in [0.2, 0.25) is 0 Å². The van der Waals surface area contributed by atoms with Crippen molar-refractivity contribution in [2.24, 2.45) is 0 Å². The molecule has 0 aromatic heterocycles. The van der Waals surface area contributed by atoms with Crippen molar-refractivity contribution in [3.8, 4) is 0 Å². The second kappa shape index (κ2) is 4.16. The summed E-state index contributed by atoms with van der Waals surface area (Å²) in [6.07, 6.45) is -4.28. The minimum absolute atomic E-state index is 0.506. The number of rotatable bonds is 1. The van der Waals surface area contributed by atoms with Gasteiger partial charge >= 0.3 is 6.18 Å². The third-order valence-electron chi connectivity index (χ3n) is 3.62. The van der Waals surface area contributed by atoms with Crippen molar-refractivity contribution in [3.05, 3.63) is 29.8 Å². The van der Waals surface area contributed by atoms with E-state index in [-0.39, 0.29) is 0 Å². The lowest BCUT2D eigenvalue weighted by molar-refractivity contribution is -0.137. The maximum Gasteiger partial charge on any atom is 0.416 e. The fourth-order valence-electron chi connectivity index (χ4n) is 2.38. The van der Waals surface area contributed by atoms with E-state index in [4.69, 9.17) is 0 Å². The summed E-state index contributed by atoms with van der Waals surface area (Å²) in [6, 6.07) is 5.25. The van der Waals surface area contributed by atoms with Crippen molar-refractivity contribution in [1.29, 1.82) is 0 Å². The Balaban J connectivity index is 2.35. The minimum atomic E-state index is -4.33. The fourth-order valence-corrected chi connectivity index (χ4v) is 2.38. The third-order valence-corrected chi connectivity index (χ3v) is 3.62.